The highest BCUT2D eigenvalue weighted by Crippen LogP contribution is 2.26. The van der Waals surface area contributed by atoms with Gasteiger partial charge in [-0.15, -0.1) is 0 Å². The molecule has 0 aliphatic rings. The molecule has 82 valence electrons. The molecule has 0 bridgehead atoms. The van der Waals surface area contributed by atoms with E-state index in [1.165, 1.54) is 12.5 Å². The van der Waals surface area contributed by atoms with E-state index in [0.29, 0.717) is 5.56 Å². The number of amides is 1. The molecule has 1 heterocycles. The van der Waals surface area contributed by atoms with E-state index in [-0.39, 0.29) is 5.91 Å². The number of rotatable bonds is 2. The van der Waals surface area contributed by atoms with Crippen LogP contribution in [0.3, 0.4) is 0 Å². The van der Waals surface area contributed by atoms with Crippen molar-refractivity contribution in [2.24, 2.45) is 0 Å². The van der Waals surface area contributed by atoms with Crippen molar-refractivity contribution in [3.63, 3.8) is 0 Å². The first-order valence-corrected chi connectivity index (χ1v) is 5.56. The van der Waals surface area contributed by atoms with Crippen LogP contribution in [0.2, 0.25) is 0 Å². The van der Waals surface area contributed by atoms with Crippen LogP contribution in [0.1, 0.15) is 15.9 Å². The molecule has 1 amide bonds. The number of anilines is 1. The van der Waals surface area contributed by atoms with Gasteiger partial charge in [-0.05, 0) is 40.5 Å². The number of carbonyl (C=O) groups is 1. The number of benzene rings is 1. The summed E-state index contributed by atoms with van der Waals surface area (Å²) in [5, 5.41) is 2.81. The lowest BCUT2D eigenvalue weighted by Gasteiger charge is -2.07. The van der Waals surface area contributed by atoms with Gasteiger partial charge in [0.2, 0.25) is 0 Å². The monoisotopic (exact) mass is 279 g/mol. The second-order valence-electron chi connectivity index (χ2n) is 3.40. The van der Waals surface area contributed by atoms with Gasteiger partial charge in [0, 0.05) is 4.47 Å². The Bertz CT molecular complexity index is 506. The largest absolute Gasteiger partial charge is 0.472 e. The minimum Gasteiger partial charge on any atom is -0.472 e. The lowest BCUT2D eigenvalue weighted by atomic mass is 10.2. The van der Waals surface area contributed by atoms with Gasteiger partial charge in [0.15, 0.2) is 0 Å². The summed E-state index contributed by atoms with van der Waals surface area (Å²) in [4.78, 5) is 11.7. The molecule has 3 nitrogen and oxygen atoms in total. The second kappa shape index (κ2) is 4.53. The quantitative estimate of drug-likeness (QED) is 0.913. The Morgan fingerprint density at radius 2 is 2.19 bits per heavy atom. The number of hydrogen-bond donors (Lipinski definition) is 1. The molecule has 0 spiro atoms. The highest BCUT2D eigenvalue weighted by molar-refractivity contribution is 9.10. The molecule has 16 heavy (non-hydrogen) atoms. The van der Waals surface area contributed by atoms with Gasteiger partial charge in [0.25, 0.3) is 5.91 Å². The van der Waals surface area contributed by atoms with Crippen LogP contribution >= 0.6 is 15.9 Å². The fourth-order valence-electron chi connectivity index (χ4n) is 1.33. The van der Waals surface area contributed by atoms with Crippen LogP contribution in [0.25, 0.3) is 0 Å². The number of hydrogen-bond acceptors (Lipinski definition) is 2. The molecule has 4 heteroatoms. The van der Waals surface area contributed by atoms with E-state index in [0.717, 1.165) is 15.7 Å². The molecular weight excluding hydrogens is 270 g/mol. The first-order valence-electron chi connectivity index (χ1n) is 4.77. The van der Waals surface area contributed by atoms with Gasteiger partial charge in [0.05, 0.1) is 17.5 Å². The standard InChI is InChI=1S/C12H10BrNO2/c1-8-3-2-4-10(11(8)13)14-12(15)9-5-6-16-7-9/h2-7H,1H3,(H,14,15). The summed E-state index contributed by atoms with van der Waals surface area (Å²) in [5.41, 5.74) is 2.34. The van der Waals surface area contributed by atoms with Crippen LogP contribution in [-0.2, 0) is 0 Å². The first kappa shape index (κ1) is 11.0. The number of carbonyl (C=O) groups excluding carboxylic acids is 1. The third kappa shape index (κ3) is 2.17. The highest BCUT2D eigenvalue weighted by Gasteiger charge is 2.09. The molecule has 1 aromatic carbocycles. The molecule has 0 saturated heterocycles. The Labute approximate surface area is 102 Å². The fraction of sp³-hybridized carbons (Fsp3) is 0.0833. The Balaban J connectivity index is 2.22. The first-order chi connectivity index (χ1) is 7.68. The molecule has 0 radical (unpaired) electrons. The lowest BCUT2D eigenvalue weighted by molar-refractivity contribution is 0.102. The maximum Gasteiger partial charge on any atom is 0.258 e. The van der Waals surface area contributed by atoms with Gasteiger partial charge < -0.3 is 9.73 Å². The highest BCUT2D eigenvalue weighted by atomic mass is 79.9. The summed E-state index contributed by atoms with van der Waals surface area (Å²) < 4.78 is 5.75. The molecule has 2 rings (SSSR count). The molecule has 0 atom stereocenters. The zero-order valence-corrected chi connectivity index (χ0v) is 10.2. The Morgan fingerprint density at radius 3 is 2.88 bits per heavy atom. The Kier molecular flexibility index (Phi) is 3.10. The fourth-order valence-corrected chi connectivity index (χ4v) is 1.70. The average Bonchev–Trinajstić information content (AvgIpc) is 2.78. The number of nitrogens with one attached hydrogen (secondary N) is 1. The number of halogens is 1. The van der Waals surface area contributed by atoms with E-state index < -0.39 is 0 Å². The summed E-state index contributed by atoms with van der Waals surface area (Å²) in [6.45, 7) is 1.97. The van der Waals surface area contributed by atoms with Crippen molar-refractivity contribution in [1.82, 2.24) is 0 Å². The summed E-state index contributed by atoms with van der Waals surface area (Å²) in [7, 11) is 0. The molecule has 0 saturated carbocycles. The van der Waals surface area contributed by atoms with E-state index in [1.807, 2.05) is 25.1 Å². The smallest absolute Gasteiger partial charge is 0.258 e. The summed E-state index contributed by atoms with van der Waals surface area (Å²) >= 11 is 3.43. The van der Waals surface area contributed by atoms with Gasteiger partial charge in [-0.3, -0.25) is 4.79 Å². The third-order valence-electron chi connectivity index (χ3n) is 2.22. The number of furan rings is 1. The van der Waals surface area contributed by atoms with E-state index in [1.54, 1.807) is 6.07 Å². The second-order valence-corrected chi connectivity index (χ2v) is 4.20. The van der Waals surface area contributed by atoms with Crippen molar-refractivity contribution < 1.29 is 9.21 Å². The van der Waals surface area contributed by atoms with Gasteiger partial charge in [-0.25, -0.2) is 0 Å². The van der Waals surface area contributed by atoms with Crippen LogP contribution in [-0.4, -0.2) is 5.91 Å². The molecular formula is C12H10BrNO2. The van der Waals surface area contributed by atoms with Crippen molar-refractivity contribution >= 4 is 27.5 Å². The van der Waals surface area contributed by atoms with Crippen LogP contribution < -0.4 is 5.32 Å². The maximum atomic E-state index is 11.7. The predicted octanol–water partition coefficient (Wildman–Crippen LogP) is 3.60. The van der Waals surface area contributed by atoms with E-state index in [4.69, 9.17) is 4.42 Å². The number of aryl methyl sites for hydroxylation is 1. The average molecular weight is 280 g/mol. The van der Waals surface area contributed by atoms with Crippen molar-refractivity contribution in [1.29, 1.82) is 0 Å². The molecule has 0 unspecified atom stereocenters. The Hall–Kier alpha value is -1.55. The van der Waals surface area contributed by atoms with E-state index in [2.05, 4.69) is 21.2 Å². The van der Waals surface area contributed by atoms with Crippen molar-refractivity contribution in [3.05, 3.63) is 52.4 Å². The van der Waals surface area contributed by atoms with Gasteiger partial charge >= 0.3 is 0 Å². The van der Waals surface area contributed by atoms with Crippen LogP contribution in [0.5, 0.6) is 0 Å². The topological polar surface area (TPSA) is 42.2 Å². The van der Waals surface area contributed by atoms with Gasteiger partial charge in [-0.1, -0.05) is 12.1 Å². The molecule has 0 aliphatic heterocycles. The summed E-state index contributed by atoms with van der Waals surface area (Å²) in [5.74, 6) is -0.181. The van der Waals surface area contributed by atoms with Crippen LogP contribution in [0.15, 0.2) is 45.7 Å². The zero-order valence-electron chi connectivity index (χ0n) is 8.66. The maximum absolute atomic E-state index is 11.7. The van der Waals surface area contributed by atoms with E-state index in [9.17, 15) is 4.79 Å². The molecule has 0 fully saturated rings. The van der Waals surface area contributed by atoms with Crippen LogP contribution in [0.4, 0.5) is 5.69 Å². The minimum atomic E-state index is -0.181. The molecule has 1 aromatic heterocycles. The zero-order chi connectivity index (χ0) is 11.5. The molecule has 1 N–H and O–H groups in total. The summed E-state index contributed by atoms with van der Waals surface area (Å²) in [6, 6.07) is 7.33. The predicted molar refractivity (Wildman–Crippen MR) is 65.5 cm³/mol. The normalized spacial score (nSPS) is 10.1. The summed E-state index contributed by atoms with van der Waals surface area (Å²) in [6.07, 6.45) is 2.89. The van der Waals surface area contributed by atoms with Crippen molar-refractivity contribution in [2.75, 3.05) is 5.32 Å². The third-order valence-corrected chi connectivity index (χ3v) is 3.28. The van der Waals surface area contributed by atoms with E-state index >= 15 is 0 Å². The molecule has 2 aromatic rings. The Morgan fingerprint density at radius 1 is 1.38 bits per heavy atom. The van der Waals surface area contributed by atoms with Gasteiger partial charge in [-0.2, -0.15) is 0 Å². The lowest BCUT2D eigenvalue weighted by Crippen LogP contribution is -2.11. The van der Waals surface area contributed by atoms with Crippen molar-refractivity contribution in [2.45, 2.75) is 6.92 Å². The molecule has 0 aliphatic carbocycles. The van der Waals surface area contributed by atoms with Crippen LogP contribution in [0, 0.1) is 6.92 Å². The van der Waals surface area contributed by atoms with Gasteiger partial charge in [0.1, 0.15) is 6.26 Å². The SMILES string of the molecule is Cc1cccc(NC(=O)c2ccoc2)c1Br. The minimum absolute atomic E-state index is 0.181. The van der Waals surface area contributed by atoms with Crippen molar-refractivity contribution in [3.8, 4) is 0 Å².